The Morgan fingerprint density at radius 2 is 1.97 bits per heavy atom. The van der Waals surface area contributed by atoms with Crippen LogP contribution in [-0.4, -0.2) is 56.2 Å². The molecule has 2 unspecified atom stereocenters. The molecule has 3 rings (SSSR count). The van der Waals surface area contributed by atoms with Gasteiger partial charge in [-0.25, -0.2) is 0 Å². The van der Waals surface area contributed by atoms with E-state index in [1.54, 1.807) is 0 Å². The van der Waals surface area contributed by atoms with Gasteiger partial charge < -0.3 is 19.7 Å². The highest BCUT2D eigenvalue weighted by Gasteiger charge is 2.29. The highest BCUT2D eigenvalue weighted by atomic mass is 16.5. The molecule has 29 heavy (non-hydrogen) atoms. The van der Waals surface area contributed by atoms with Crippen molar-refractivity contribution in [3.8, 4) is 0 Å². The van der Waals surface area contributed by atoms with Crippen molar-refractivity contribution in [2.24, 2.45) is 16.8 Å². The van der Waals surface area contributed by atoms with E-state index in [0.29, 0.717) is 12.5 Å². The summed E-state index contributed by atoms with van der Waals surface area (Å²) in [6.07, 6.45) is 3.98. The van der Waals surface area contributed by atoms with E-state index in [2.05, 4.69) is 41.4 Å². The summed E-state index contributed by atoms with van der Waals surface area (Å²) in [4.78, 5) is 19.3. The van der Waals surface area contributed by atoms with Crippen molar-refractivity contribution in [1.29, 1.82) is 0 Å². The average Bonchev–Trinajstić information content (AvgIpc) is 2.78. The number of esters is 1. The normalized spacial score (nSPS) is 23.7. The number of carbonyl (C=O) groups is 1. The molecule has 0 saturated carbocycles. The number of hydrogen-bond donors (Lipinski definition) is 1. The van der Waals surface area contributed by atoms with E-state index >= 15 is 0 Å². The molecule has 2 aliphatic rings. The smallest absolute Gasteiger partial charge is 0.309 e. The van der Waals surface area contributed by atoms with Gasteiger partial charge >= 0.3 is 5.97 Å². The molecule has 160 valence electrons. The first kappa shape index (κ1) is 21.6. The van der Waals surface area contributed by atoms with Crippen LogP contribution < -0.4 is 5.32 Å². The third kappa shape index (κ3) is 5.95. The number of guanidine groups is 1. The monoisotopic (exact) mass is 401 g/mol. The topological polar surface area (TPSA) is 63.2 Å². The van der Waals surface area contributed by atoms with Gasteiger partial charge in [-0.2, -0.15) is 0 Å². The maximum Gasteiger partial charge on any atom is 0.309 e. The second-order valence-electron chi connectivity index (χ2n) is 7.81. The molecule has 0 bridgehead atoms. The minimum absolute atomic E-state index is 0.0169. The van der Waals surface area contributed by atoms with E-state index in [0.717, 1.165) is 64.4 Å². The van der Waals surface area contributed by atoms with Crippen LogP contribution in [0.4, 0.5) is 0 Å². The number of benzene rings is 1. The van der Waals surface area contributed by atoms with E-state index in [-0.39, 0.29) is 18.0 Å². The molecule has 1 N–H and O–H groups in total. The number of nitrogens with zero attached hydrogens (tertiary/aromatic N) is 2. The van der Waals surface area contributed by atoms with Gasteiger partial charge in [0.1, 0.15) is 0 Å². The number of piperidine rings is 1. The van der Waals surface area contributed by atoms with Crippen LogP contribution in [0, 0.1) is 11.8 Å². The van der Waals surface area contributed by atoms with E-state index in [9.17, 15) is 4.79 Å². The molecule has 0 amide bonds. The largest absolute Gasteiger partial charge is 0.466 e. The molecule has 2 saturated heterocycles. The van der Waals surface area contributed by atoms with Crippen LogP contribution in [0.1, 0.15) is 51.2 Å². The molecule has 2 atom stereocenters. The van der Waals surface area contributed by atoms with Crippen LogP contribution in [0.5, 0.6) is 0 Å². The zero-order valence-electron chi connectivity index (χ0n) is 17.8. The Morgan fingerprint density at radius 3 is 2.66 bits per heavy atom. The van der Waals surface area contributed by atoms with Crippen molar-refractivity contribution in [3.05, 3.63) is 35.9 Å². The van der Waals surface area contributed by atoms with Crippen LogP contribution in [0.3, 0.4) is 0 Å². The van der Waals surface area contributed by atoms with Gasteiger partial charge in [-0.15, -0.1) is 0 Å². The van der Waals surface area contributed by atoms with Crippen molar-refractivity contribution < 1.29 is 14.3 Å². The second-order valence-corrected chi connectivity index (χ2v) is 7.81. The molecular weight excluding hydrogens is 366 g/mol. The second kappa shape index (κ2) is 11.2. The van der Waals surface area contributed by atoms with Gasteiger partial charge in [0, 0.05) is 38.7 Å². The zero-order valence-corrected chi connectivity index (χ0v) is 17.8. The lowest BCUT2D eigenvalue weighted by atomic mass is 9.89. The van der Waals surface area contributed by atoms with Gasteiger partial charge in [-0.1, -0.05) is 30.3 Å². The molecule has 0 radical (unpaired) electrons. The summed E-state index contributed by atoms with van der Waals surface area (Å²) in [6.45, 7) is 8.48. The summed E-state index contributed by atoms with van der Waals surface area (Å²) in [5, 5.41) is 3.43. The van der Waals surface area contributed by atoms with E-state index in [4.69, 9.17) is 14.5 Å². The summed E-state index contributed by atoms with van der Waals surface area (Å²) in [7, 11) is 0. The van der Waals surface area contributed by atoms with Crippen molar-refractivity contribution in [2.75, 3.05) is 39.4 Å². The van der Waals surface area contributed by atoms with Gasteiger partial charge in [-0.05, 0) is 45.1 Å². The summed E-state index contributed by atoms with van der Waals surface area (Å²) < 4.78 is 11.3. The minimum Gasteiger partial charge on any atom is -0.466 e. The molecule has 6 nitrogen and oxygen atoms in total. The van der Waals surface area contributed by atoms with Gasteiger partial charge in [0.05, 0.1) is 18.6 Å². The standard InChI is InChI=1S/C23H35N3O3/c1-3-24-23(26-14-12-19(13-15-26)22(27)28-4-2)25-17-20-11-8-16-29-21(20)18-9-6-5-7-10-18/h5-7,9-10,19-21H,3-4,8,11-17H2,1-2H3,(H,24,25). The molecule has 6 heteroatoms. The molecule has 1 aromatic carbocycles. The lowest BCUT2D eigenvalue weighted by Crippen LogP contribution is -2.47. The molecule has 0 aliphatic carbocycles. The molecule has 2 aliphatic heterocycles. The highest BCUT2D eigenvalue weighted by Crippen LogP contribution is 2.33. The molecule has 0 spiro atoms. The number of carbonyl (C=O) groups excluding carboxylic acids is 1. The van der Waals surface area contributed by atoms with E-state index < -0.39 is 0 Å². The van der Waals surface area contributed by atoms with Crippen molar-refractivity contribution in [1.82, 2.24) is 10.2 Å². The number of nitrogens with one attached hydrogen (secondary N) is 1. The van der Waals surface area contributed by atoms with Crippen molar-refractivity contribution >= 4 is 11.9 Å². The van der Waals surface area contributed by atoms with Gasteiger partial charge in [0.15, 0.2) is 5.96 Å². The van der Waals surface area contributed by atoms with Gasteiger partial charge in [0.25, 0.3) is 0 Å². The van der Waals surface area contributed by atoms with Crippen LogP contribution in [-0.2, 0) is 14.3 Å². The Balaban J connectivity index is 1.62. The number of rotatable bonds is 6. The van der Waals surface area contributed by atoms with Gasteiger partial charge in [0.2, 0.25) is 0 Å². The fourth-order valence-corrected chi connectivity index (χ4v) is 4.26. The Bertz CT molecular complexity index is 657. The Hall–Kier alpha value is -2.08. The third-order valence-electron chi connectivity index (χ3n) is 5.80. The quantitative estimate of drug-likeness (QED) is 0.450. The minimum atomic E-state index is -0.0563. The first-order valence-electron chi connectivity index (χ1n) is 11.1. The number of aliphatic imine (C=N–C) groups is 1. The maximum atomic E-state index is 12.0. The number of likely N-dealkylation sites (tertiary alicyclic amines) is 1. The first-order chi connectivity index (χ1) is 14.2. The summed E-state index contributed by atoms with van der Waals surface area (Å²) in [6, 6.07) is 10.5. The predicted octanol–water partition coefficient (Wildman–Crippen LogP) is 3.39. The average molecular weight is 402 g/mol. The molecular formula is C23H35N3O3. The zero-order chi connectivity index (χ0) is 20.5. The van der Waals surface area contributed by atoms with Crippen molar-refractivity contribution in [3.63, 3.8) is 0 Å². The van der Waals surface area contributed by atoms with Crippen LogP contribution in [0.15, 0.2) is 35.3 Å². The summed E-state index contributed by atoms with van der Waals surface area (Å²) in [5.74, 6) is 1.30. The third-order valence-corrected chi connectivity index (χ3v) is 5.80. The lowest BCUT2D eigenvalue weighted by Gasteiger charge is -2.34. The lowest BCUT2D eigenvalue weighted by molar-refractivity contribution is -0.149. The number of ether oxygens (including phenoxy) is 2. The molecule has 0 aromatic heterocycles. The molecule has 2 heterocycles. The SMILES string of the molecule is CCNC(=NCC1CCCOC1c1ccccc1)N1CCC(C(=O)OCC)CC1. The maximum absolute atomic E-state index is 12.0. The van der Waals surface area contributed by atoms with Gasteiger partial charge in [-0.3, -0.25) is 9.79 Å². The highest BCUT2D eigenvalue weighted by molar-refractivity contribution is 5.80. The van der Waals surface area contributed by atoms with Crippen LogP contribution >= 0.6 is 0 Å². The molecule has 2 fully saturated rings. The van der Waals surface area contributed by atoms with Crippen molar-refractivity contribution in [2.45, 2.75) is 45.6 Å². The fourth-order valence-electron chi connectivity index (χ4n) is 4.26. The first-order valence-corrected chi connectivity index (χ1v) is 11.1. The van der Waals surface area contributed by atoms with Crippen LogP contribution in [0.25, 0.3) is 0 Å². The Morgan fingerprint density at radius 1 is 1.21 bits per heavy atom. The van der Waals surface area contributed by atoms with Crippen LogP contribution in [0.2, 0.25) is 0 Å². The molecule has 1 aromatic rings. The fraction of sp³-hybridized carbons (Fsp3) is 0.652. The van der Waals surface area contributed by atoms with E-state index in [1.807, 2.05) is 13.0 Å². The summed E-state index contributed by atoms with van der Waals surface area (Å²) in [5.41, 5.74) is 1.24. The Kier molecular flexibility index (Phi) is 8.35. The predicted molar refractivity (Wildman–Crippen MR) is 115 cm³/mol. The number of hydrogen-bond acceptors (Lipinski definition) is 4. The Labute approximate surface area is 174 Å². The van der Waals surface area contributed by atoms with E-state index in [1.165, 1.54) is 5.56 Å². The summed E-state index contributed by atoms with van der Waals surface area (Å²) >= 11 is 0.